The highest BCUT2D eigenvalue weighted by atomic mass is 35.5. The van der Waals surface area contributed by atoms with Crippen LogP contribution in [0.5, 0.6) is 0 Å². The molecule has 2 heterocycles. The molecule has 0 radical (unpaired) electrons. The van der Waals surface area contributed by atoms with E-state index in [4.69, 9.17) is 11.6 Å². The quantitative estimate of drug-likeness (QED) is 0.736. The highest BCUT2D eigenvalue weighted by Gasteiger charge is 2.22. The molecule has 17 heavy (non-hydrogen) atoms. The standard InChI is InChI=1S/C11H17ClN4O/c1-14-8-10(13-9-14)11(17)16-6-4-15(3-2-12)5-7-16/h8-9H,2-7H2,1H3. The van der Waals surface area contributed by atoms with E-state index in [0.717, 1.165) is 32.7 Å². The molecule has 1 aromatic rings. The lowest BCUT2D eigenvalue weighted by molar-refractivity contribution is 0.0639. The van der Waals surface area contributed by atoms with Gasteiger partial charge in [-0.2, -0.15) is 0 Å². The summed E-state index contributed by atoms with van der Waals surface area (Å²) in [6.45, 7) is 4.20. The van der Waals surface area contributed by atoms with E-state index in [-0.39, 0.29) is 5.91 Å². The molecule has 0 bridgehead atoms. The number of aryl methyl sites for hydroxylation is 1. The molecule has 0 aliphatic carbocycles. The third-order valence-corrected chi connectivity index (χ3v) is 3.15. The predicted molar refractivity (Wildman–Crippen MR) is 66.3 cm³/mol. The van der Waals surface area contributed by atoms with Gasteiger partial charge in [-0.3, -0.25) is 9.69 Å². The van der Waals surface area contributed by atoms with Crippen molar-refractivity contribution in [2.75, 3.05) is 38.6 Å². The van der Waals surface area contributed by atoms with Crippen molar-refractivity contribution in [2.45, 2.75) is 0 Å². The number of imidazole rings is 1. The van der Waals surface area contributed by atoms with Crippen LogP contribution in [0.2, 0.25) is 0 Å². The zero-order chi connectivity index (χ0) is 12.3. The number of hydrogen-bond donors (Lipinski definition) is 0. The fraction of sp³-hybridized carbons (Fsp3) is 0.636. The Morgan fingerprint density at radius 3 is 2.65 bits per heavy atom. The number of carbonyl (C=O) groups is 1. The van der Waals surface area contributed by atoms with Gasteiger partial charge in [0.1, 0.15) is 5.69 Å². The topological polar surface area (TPSA) is 41.4 Å². The smallest absolute Gasteiger partial charge is 0.274 e. The van der Waals surface area contributed by atoms with Gasteiger partial charge in [0.2, 0.25) is 0 Å². The number of piperazine rings is 1. The molecule has 1 amide bonds. The van der Waals surface area contributed by atoms with E-state index >= 15 is 0 Å². The number of nitrogens with zero attached hydrogens (tertiary/aromatic N) is 4. The molecule has 2 rings (SSSR count). The van der Waals surface area contributed by atoms with Gasteiger partial charge in [-0.15, -0.1) is 11.6 Å². The summed E-state index contributed by atoms with van der Waals surface area (Å²) in [5.41, 5.74) is 0.526. The Balaban J connectivity index is 1.90. The number of aromatic nitrogens is 2. The Morgan fingerprint density at radius 1 is 1.41 bits per heavy atom. The van der Waals surface area contributed by atoms with E-state index < -0.39 is 0 Å². The summed E-state index contributed by atoms with van der Waals surface area (Å²) in [5.74, 6) is 0.671. The molecular weight excluding hydrogens is 240 g/mol. The molecule has 5 nitrogen and oxygen atoms in total. The Kier molecular flexibility index (Phi) is 4.02. The molecule has 1 aromatic heterocycles. The van der Waals surface area contributed by atoms with E-state index in [9.17, 15) is 4.79 Å². The van der Waals surface area contributed by atoms with Crippen LogP contribution in [-0.4, -0.2) is 63.9 Å². The van der Waals surface area contributed by atoms with Crippen LogP contribution >= 0.6 is 11.6 Å². The highest BCUT2D eigenvalue weighted by molar-refractivity contribution is 6.18. The third kappa shape index (κ3) is 2.98. The summed E-state index contributed by atoms with van der Waals surface area (Å²) < 4.78 is 1.79. The Bertz CT molecular complexity index is 385. The Morgan fingerprint density at radius 2 is 2.12 bits per heavy atom. The van der Waals surface area contributed by atoms with Gasteiger partial charge in [0, 0.05) is 51.8 Å². The zero-order valence-corrected chi connectivity index (χ0v) is 10.7. The van der Waals surface area contributed by atoms with E-state index in [0.29, 0.717) is 11.6 Å². The molecule has 0 aromatic carbocycles. The number of carbonyl (C=O) groups excluding carboxylic acids is 1. The molecule has 6 heteroatoms. The van der Waals surface area contributed by atoms with Crippen LogP contribution in [0.1, 0.15) is 10.5 Å². The first-order valence-corrected chi connectivity index (χ1v) is 6.29. The van der Waals surface area contributed by atoms with Gasteiger partial charge < -0.3 is 9.47 Å². The summed E-state index contributed by atoms with van der Waals surface area (Å²) in [7, 11) is 1.86. The van der Waals surface area contributed by atoms with E-state index in [1.807, 2.05) is 11.9 Å². The Labute approximate surface area is 106 Å². The molecule has 0 saturated carbocycles. The first-order chi connectivity index (χ1) is 8.20. The second kappa shape index (κ2) is 5.51. The average Bonchev–Trinajstić information content (AvgIpc) is 2.76. The SMILES string of the molecule is Cn1cnc(C(=O)N2CCN(CCCl)CC2)c1. The van der Waals surface area contributed by atoms with Crippen molar-refractivity contribution >= 4 is 17.5 Å². The average molecular weight is 257 g/mol. The number of alkyl halides is 1. The van der Waals surface area contributed by atoms with Crippen LogP contribution in [-0.2, 0) is 7.05 Å². The highest BCUT2D eigenvalue weighted by Crippen LogP contribution is 2.07. The lowest BCUT2D eigenvalue weighted by Gasteiger charge is -2.33. The van der Waals surface area contributed by atoms with Crippen LogP contribution in [0.15, 0.2) is 12.5 Å². The van der Waals surface area contributed by atoms with Gasteiger partial charge in [-0.05, 0) is 0 Å². The van der Waals surface area contributed by atoms with Crippen LogP contribution in [0.25, 0.3) is 0 Å². The molecule has 0 N–H and O–H groups in total. The van der Waals surface area contributed by atoms with Gasteiger partial charge in [0.15, 0.2) is 0 Å². The van der Waals surface area contributed by atoms with Crippen molar-refractivity contribution in [1.82, 2.24) is 19.4 Å². The molecule has 0 spiro atoms. The molecule has 1 saturated heterocycles. The summed E-state index contributed by atoms with van der Waals surface area (Å²) in [4.78, 5) is 20.3. The van der Waals surface area contributed by atoms with Gasteiger partial charge in [0.05, 0.1) is 6.33 Å². The lowest BCUT2D eigenvalue weighted by Crippen LogP contribution is -2.49. The van der Waals surface area contributed by atoms with Crippen molar-refractivity contribution in [1.29, 1.82) is 0 Å². The number of hydrogen-bond acceptors (Lipinski definition) is 3. The molecule has 0 unspecified atom stereocenters. The second-order valence-electron chi connectivity index (χ2n) is 4.25. The minimum absolute atomic E-state index is 0.0242. The van der Waals surface area contributed by atoms with Crippen LogP contribution in [0.3, 0.4) is 0 Å². The van der Waals surface area contributed by atoms with Gasteiger partial charge >= 0.3 is 0 Å². The first-order valence-electron chi connectivity index (χ1n) is 5.76. The fourth-order valence-corrected chi connectivity index (χ4v) is 2.22. The maximum Gasteiger partial charge on any atom is 0.274 e. The maximum atomic E-state index is 12.1. The zero-order valence-electron chi connectivity index (χ0n) is 9.97. The number of amides is 1. The van der Waals surface area contributed by atoms with Crippen molar-refractivity contribution in [3.8, 4) is 0 Å². The van der Waals surface area contributed by atoms with E-state index in [1.165, 1.54) is 0 Å². The number of halogens is 1. The second-order valence-corrected chi connectivity index (χ2v) is 4.63. The molecule has 1 aliphatic heterocycles. The van der Waals surface area contributed by atoms with E-state index in [1.54, 1.807) is 17.1 Å². The minimum Gasteiger partial charge on any atom is -0.340 e. The number of rotatable bonds is 3. The van der Waals surface area contributed by atoms with Gasteiger partial charge in [-0.1, -0.05) is 0 Å². The van der Waals surface area contributed by atoms with Gasteiger partial charge in [-0.25, -0.2) is 4.98 Å². The van der Waals surface area contributed by atoms with Crippen molar-refractivity contribution < 1.29 is 4.79 Å². The van der Waals surface area contributed by atoms with Gasteiger partial charge in [0.25, 0.3) is 5.91 Å². The maximum absolute atomic E-state index is 12.1. The molecule has 1 fully saturated rings. The van der Waals surface area contributed by atoms with E-state index in [2.05, 4.69) is 9.88 Å². The Hall–Kier alpha value is -1.07. The van der Waals surface area contributed by atoms with Crippen LogP contribution < -0.4 is 0 Å². The first kappa shape index (κ1) is 12.4. The largest absolute Gasteiger partial charge is 0.340 e. The monoisotopic (exact) mass is 256 g/mol. The molecule has 1 aliphatic rings. The fourth-order valence-electron chi connectivity index (χ4n) is 1.98. The molecule has 94 valence electrons. The summed E-state index contributed by atoms with van der Waals surface area (Å²) >= 11 is 5.70. The minimum atomic E-state index is 0.0242. The molecular formula is C11H17ClN4O. The summed E-state index contributed by atoms with van der Waals surface area (Å²) in [6.07, 6.45) is 3.41. The van der Waals surface area contributed by atoms with Crippen molar-refractivity contribution in [3.05, 3.63) is 18.2 Å². The van der Waals surface area contributed by atoms with Crippen molar-refractivity contribution in [2.24, 2.45) is 7.05 Å². The third-order valence-electron chi connectivity index (χ3n) is 2.98. The van der Waals surface area contributed by atoms with Crippen LogP contribution in [0, 0.1) is 0 Å². The van der Waals surface area contributed by atoms with Crippen molar-refractivity contribution in [3.63, 3.8) is 0 Å². The summed E-state index contributed by atoms with van der Waals surface area (Å²) in [5, 5.41) is 0. The molecule has 0 atom stereocenters. The van der Waals surface area contributed by atoms with Crippen LogP contribution in [0.4, 0.5) is 0 Å². The lowest BCUT2D eigenvalue weighted by atomic mass is 10.3. The predicted octanol–water partition coefficient (Wildman–Crippen LogP) is 0.417. The summed E-state index contributed by atoms with van der Waals surface area (Å²) in [6, 6.07) is 0. The normalized spacial score (nSPS) is 17.4.